The minimum atomic E-state index is 0.564. The minimum Gasteiger partial charge on any atom is -0.383 e. The Morgan fingerprint density at radius 1 is 0.933 bits per heavy atom. The normalized spacial score (nSPS) is 14.4. The van der Waals surface area contributed by atoms with Crippen LogP contribution >= 0.6 is 11.6 Å². The maximum atomic E-state index is 6.57. The lowest BCUT2D eigenvalue weighted by molar-refractivity contribution is 0.569. The number of benzene rings is 2. The van der Waals surface area contributed by atoms with E-state index in [4.69, 9.17) is 32.4 Å². The van der Waals surface area contributed by atoms with E-state index in [1.165, 1.54) is 6.42 Å². The van der Waals surface area contributed by atoms with Crippen molar-refractivity contribution < 1.29 is 0 Å². The van der Waals surface area contributed by atoms with Gasteiger partial charge in [-0.3, -0.25) is 0 Å². The summed E-state index contributed by atoms with van der Waals surface area (Å²) in [6.45, 7) is 2.50. The second-order valence-corrected chi connectivity index (χ2v) is 8.09. The van der Waals surface area contributed by atoms with E-state index in [0.29, 0.717) is 29.0 Å². The van der Waals surface area contributed by atoms with Crippen molar-refractivity contribution >= 4 is 34.4 Å². The summed E-state index contributed by atoms with van der Waals surface area (Å²) >= 11 is 6.28. The molecule has 30 heavy (non-hydrogen) atoms. The average molecular weight is 419 g/mol. The molecular formula is C23H23ClN6. The van der Waals surface area contributed by atoms with E-state index in [1.54, 1.807) is 0 Å². The van der Waals surface area contributed by atoms with Gasteiger partial charge in [-0.25, -0.2) is 9.67 Å². The molecule has 0 atom stereocenters. The summed E-state index contributed by atoms with van der Waals surface area (Å²) in [5.74, 6) is 1.27. The molecule has 0 bridgehead atoms. The number of hydrogen-bond acceptors (Lipinski definition) is 5. The van der Waals surface area contributed by atoms with E-state index in [9.17, 15) is 0 Å². The van der Waals surface area contributed by atoms with Crippen molar-refractivity contribution in [3.05, 3.63) is 65.2 Å². The van der Waals surface area contributed by atoms with E-state index in [-0.39, 0.29) is 0 Å². The van der Waals surface area contributed by atoms with E-state index in [1.807, 2.05) is 47.1 Å². The highest BCUT2D eigenvalue weighted by molar-refractivity contribution is 6.30. The number of halogens is 1. The molecule has 0 saturated carbocycles. The number of rotatable bonds is 4. The molecule has 1 aliphatic rings. The van der Waals surface area contributed by atoms with Crippen LogP contribution in [0, 0.1) is 0 Å². The van der Waals surface area contributed by atoms with Gasteiger partial charge in [0.2, 0.25) is 5.95 Å². The molecule has 1 fully saturated rings. The predicted molar refractivity (Wildman–Crippen MR) is 122 cm³/mol. The SMILES string of the molecule is Nc1c2c(-c3cccc(Cl)c3)nc(N3CCCCC3)nc2nn1Cc1ccccc1. The Morgan fingerprint density at radius 3 is 2.50 bits per heavy atom. The summed E-state index contributed by atoms with van der Waals surface area (Å²) in [7, 11) is 0. The molecule has 2 aromatic heterocycles. The molecular weight excluding hydrogens is 396 g/mol. The Morgan fingerprint density at radius 2 is 1.73 bits per heavy atom. The van der Waals surface area contributed by atoms with Gasteiger partial charge in [-0.2, -0.15) is 4.98 Å². The van der Waals surface area contributed by atoms with Crippen LogP contribution in [0.1, 0.15) is 24.8 Å². The molecule has 2 aromatic carbocycles. The Hall–Kier alpha value is -3.12. The zero-order valence-electron chi connectivity index (χ0n) is 16.6. The van der Waals surface area contributed by atoms with Crippen molar-refractivity contribution in [2.24, 2.45) is 0 Å². The minimum absolute atomic E-state index is 0.564. The van der Waals surface area contributed by atoms with Crippen LogP contribution in [0.15, 0.2) is 54.6 Å². The summed E-state index contributed by atoms with van der Waals surface area (Å²) in [5.41, 5.74) is 10.0. The number of hydrogen-bond donors (Lipinski definition) is 1. The fraction of sp³-hybridized carbons (Fsp3) is 0.261. The summed E-state index contributed by atoms with van der Waals surface area (Å²) in [6.07, 6.45) is 3.55. The largest absolute Gasteiger partial charge is 0.383 e. The molecule has 1 saturated heterocycles. The molecule has 7 heteroatoms. The Kier molecular flexibility index (Phi) is 5.01. The maximum absolute atomic E-state index is 6.57. The number of nitrogen functional groups attached to an aromatic ring is 1. The lowest BCUT2D eigenvalue weighted by Crippen LogP contribution is -2.31. The topological polar surface area (TPSA) is 72.9 Å². The fourth-order valence-electron chi connectivity index (χ4n) is 4.00. The summed E-state index contributed by atoms with van der Waals surface area (Å²) in [5, 5.41) is 6.19. The fourth-order valence-corrected chi connectivity index (χ4v) is 4.19. The first kappa shape index (κ1) is 18.9. The third-order valence-electron chi connectivity index (χ3n) is 5.54. The van der Waals surface area contributed by atoms with Crippen LogP contribution in [0.25, 0.3) is 22.3 Å². The van der Waals surface area contributed by atoms with Gasteiger partial charge in [-0.15, -0.1) is 5.10 Å². The molecule has 0 aliphatic carbocycles. The van der Waals surface area contributed by atoms with Crippen LogP contribution in [0.2, 0.25) is 5.02 Å². The van der Waals surface area contributed by atoms with Gasteiger partial charge in [0.05, 0.1) is 17.6 Å². The predicted octanol–water partition coefficient (Wildman–Crippen LogP) is 4.77. The van der Waals surface area contributed by atoms with Gasteiger partial charge in [-0.1, -0.05) is 54.1 Å². The van der Waals surface area contributed by atoms with Crippen LogP contribution in [-0.2, 0) is 6.54 Å². The van der Waals surface area contributed by atoms with Crippen LogP contribution < -0.4 is 10.6 Å². The van der Waals surface area contributed by atoms with Crippen molar-refractivity contribution in [1.29, 1.82) is 0 Å². The van der Waals surface area contributed by atoms with Crippen molar-refractivity contribution in [2.45, 2.75) is 25.8 Å². The van der Waals surface area contributed by atoms with Crippen LogP contribution in [0.5, 0.6) is 0 Å². The molecule has 0 spiro atoms. The molecule has 0 radical (unpaired) electrons. The number of nitrogens with two attached hydrogens (primary N) is 1. The average Bonchev–Trinajstić information content (AvgIpc) is 3.09. The van der Waals surface area contributed by atoms with Crippen LogP contribution in [0.3, 0.4) is 0 Å². The first-order valence-electron chi connectivity index (χ1n) is 10.3. The first-order valence-corrected chi connectivity index (χ1v) is 10.7. The lowest BCUT2D eigenvalue weighted by Gasteiger charge is -2.26. The van der Waals surface area contributed by atoms with Crippen LogP contribution in [0.4, 0.5) is 11.8 Å². The smallest absolute Gasteiger partial charge is 0.228 e. The highest BCUT2D eigenvalue weighted by Gasteiger charge is 2.22. The molecule has 152 valence electrons. The van der Waals surface area contributed by atoms with Gasteiger partial charge in [0.15, 0.2) is 5.65 Å². The summed E-state index contributed by atoms with van der Waals surface area (Å²) in [4.78, 5) is 12.0. The van der Waals surface area contributed by atoms with Crippen molar-refractivity contribution in [3.8, 4) is 11.3 Å². The van der Waals surface area contributed by atoms with Crippen molar-refractivity contribution in [3.63, 3.8) is 0 Å². The molecule has 0 unspecified atom stereocenters. The molecule has 3 heterocycles. The maximum Gasteiger partial charge on any atom is 0.228 e. The third kappa shape index (κ3) is 3.59. The number of piperidine rings is 1. The lowest BCUT2D eigenvalue weighted by atomic mass is 10.1. The Bertz CT molecular complexity index is 1180. The molecule has 2 N–H and O–H groups in total. The molecule has 4 aromatic rings. The van der Waals surface area contributed by atoms with Gasteiger partial charge in [0.25, 0.3) is 0 Å². The van der Waals surface area contributed by atoms with E-state index in [2.05, 4.69) is 17.0 Å². The van der Waals surface area contributed by atoms with Gasteiger partial charge < -0.3 is 10.6 Å². The number of fused-ring (bicyclic) bond motifs is 1. The monoisotopic (exact) mass is 418 g/mol. The molecule has 1 aliphatic heterocycles. The van der Waals surface area contributed by atoms with Gasteiger partial charge in [0.1, 0.15) is 5.82 Å². The second kappa shape index (κ2) is 7.95. The molecule has 5 rings (SSSR count). The first-order chi connectivity index (χ1) is 14.7. The molecule has 6 nitrogen and oxygen atoms in total. The van der Waals surface area contributed by atoms with Gasteiger partial charge >= 0.3 is 0 Å². The Balaban J connectivity index is 1.67. The highest BCUT2D eigenvalue weighted by atomic mass is 35.5. The summed E-state index contributed by atoms with van der Waals surface area (Å²) < 4.78 is 1.81. The second-order valence-electron chi connectivity index (χ2n) is 7.66. The standard InChI is InChI=1S/C23H23ClN6/c24-18-11-7-10-17(14-18)20-19-21(25)30(15-16-8-3-1-4-9-16)28-22(19)27-23(26-20)29-12-5-2-6-13-29/h1,3-4,7-11,14H,2,5-6,12-13,15,25H2. The van der Waals surface area contributed by atoms with Crippen LogP contribution in [-0.4, -0.2) is 32.8 Å². The van der Waals surface area contributed by atoms with E-state index in [0.717, 1.165) is 48.1 Å². The van der Waals surface area contributed by atoms with Gasteiger partial charge in [0, 0.05) is 23.7 Å². The van der Waals surface area contributed by atoms with Gasteiger partial charge in [-0.05, 0) is 37.0 Å². The van der Waals surface area contributed by atoms with E-state index < -0.39 is 0 Å². The highest BCUT2D eigenvalue weighted by Crippen LogP contribution is 2.34. The Labute approximate surface area is 180 Å². The third-order valence-corrected chi connectivity index (χ3v) is 5.77. The van der Waals surface area contributed by atoms with E-state index >= 15 is 0 Å². The zero-order chi connectivity index (χ0) is 20.5. The van der Waals surface area contributed by atoms with Crippen molar-refractivity contribution in [2.75, 3.05) is 23.7 Å². The summed E-state index contributed by atoms with van der Waals surface area (Å²) in [6, 6.07) is 17.9. The number of anilines is 2. The quantitative estimate of drug-likeness (QED) is 0.517. The zero-order valence-corrected chi connectivity index (χ0v) is 17.4. The molecule has 0 amide bonds. The number of aromatic nitrogens is 4. The number of nitrogens with zero attached hydrogens (tertiary/aromatic N) is 5. The van der Waals surface area contributed by atoms with Crippen molar-refractivity contribution in [1.82, 2.24) is 19.7 Å².